The van der Waals surface area contributed by atoms with E-state index >= 15 is 0 Å². The molecule has 0 radical (unpaired) electrons. The second kappa shape index (κ2) is 5.39. The lowest BCUT2D eigenvalue weighted by atomic mass is 9.90. The number of likely N-dealkylation sites (N-methyl/N-ethyl adjacent to an activating group) is 1. The van der Waals surface area contributed by atoms with Crippen LogP contribution >= 0.6 is 11.3 Å². The summed E-state index contributed by atoms with van der Waals surface area (Å²) in [6.07, 6.45) is 4.17. The quantitative estimate of drug-likeness (QED) is 0.814. The minimum atomic E-state index is 0.801. The van der Waals surface area contributed by atoms with Crippen LogP contribution in [0, 0.1) is 11.8 Å². The minimum absolute atomic E-state index is 0.801. The van der Waals surface area contributed by atoms with E-state index in [1.807, 2.05) is 11.3 Å². The Morgan fingerprint density at radius 3 is 2.77 bits per heavy atom. The zero-order valence-electron chi connectivity index (χ0n) is 13.6. The monoisotopic (exact) mass is 313 g/mol. The fraction of sp³-hybridized carbons (Fsp3) is 0.474. The van der Waals surface area contributed by atoms with Crippen LogP contribution in [0.2, 0.25) is 0 Å². The lowest BCUT2D eigenvalue weighted by molar-refractivity contribution is 0.415. The van der Waals surface area contributed by atoms with Gasteiger partial charge in [-0.05, 0) is 86.0 Å². The van der Waals surface area contributed by atoms with Gasteiger partial charge in [0.25, 0.3) is 0 Å². The van der Waals surface area contributed by atoms with Gasteiger partial charge in [-0.25, -0.2) is 0 Å². The second-order valence-corrected chi connectivity index (χ2v) is 7.98. The van der Waals surface area contributed by atoms with Crippen LogP contribution in [0.15, 0.2) is 29.8 Å². The first-order valence-electron chi connectivity index (χ1n) is 8.11. The summed E-state index contributed by atoms with van der Waals surface area (Å²) in [4.78, 5) is 3.82. The fourth-order valence-electron chi connectivity index (χ4n) is 4.23. The van der Waals surface area contributed by atoms with Gasteiger partial charge in [0.15, 0.2) is 0 Å². The van der Waals surface area contributed by atoms with E-state index in [0.717, 1.165) is 24.1 Å². The van der Waals surface area contributed by atoms with Gasteiger partial charge in [0.05, 0.1) is 7.11 Å². The van der Waals surface area contributed by atoms with Crippen molar-refractivity contribution in [2.24, 2.45) is 11.8 Å². The normalized spacial score (nSPS) is 24.0. The second-order valence-electron chi connectivity index (χ2n) is 6.90. The van der Waals surface area contributed by atoms with Gasteiger partial charge in [-0.3, -0.25) is 0 Å². The summed E-state index contributed by atoms with van der Waals surface area (Å²) in [5.41, 5.74) is 3.38. The van der Waals surface area contributed by atoms with Crippen LogP contribution in [0.1, 0.15) is 24.1 Å². The summed E-state index contributed by atoms with van der Waals surface area (Å²) >= 11 is 1.94. The smallest absolute Gasteiger partial charge is 0.120 e. The molecule has 3 heteroatoms. The highest BCUT2D eigenvalue weighted by Gasteiger charge is 2.39. The Kier molecular flexibility index (Phi) is 3.50. The molecule has 0 aliphatic heterocycles. The maximum absolute atomic E-state index is 5.37. The summed E-state index contributed by atoms with van der Waals surface area (Å²) in [6.45, 7) is 1.12. The van der Waals surface area contributed by atoms with E-state index in [0.29, 0.717) is 0 Å². The predicted octanol–water partition coefficient (Wildman–Crippen LogP) is 4.66. The number of nitrogens with zero attached hydrogens (tertiary/aromatic N) is 1. The Hall–Kier alpha value is -1.32. The summed E-state index contributed by atoms with van der Waals surface area (Å²) in [7, 11) is 6.11. The number of hydrogen-bond donors (Lipinski definition) is 0. The van der Waals surface area contributed by atoms with Crippen LogP contribution in [0.5, 0.6) is 5.75 Å². The van der Waals surface area contributed by atoms with Gasteiger partial charge in [-0.15, -0.1) is 11.3 Å². The van der Waals surface area contributed by atoms with Gasteiger partial charge >= 0.3 is 0 Å². The molecular weight excluding hydrogens is 290 g/mol. The maximum Gasteiger partial charge on any atom is 0.120 e. The highest BCUT2D eigenvalue weighted by Crippen LogP contribution is 2.54. The molecule has 0 spiro atoms. The number of ether oxygens (including phenoxy) is 1. The van der Waals surface area contributed by atoms with Gasteiger partial charge in [-0.2, -0.15) is 0 Å². The van der Waals surface area contributed by atoms with E-state index < -0.39 is 0 Å². The number of thiophene rings is 1. The highest BCUT2D eigenvalue weighted by atomic mass is 32.1. The Morgan fingerprint density at radius 2 is 2.00 bits per heavy atom. The highest BCUT2D eigenvalue weighted by molar-refractivity contribution is 7.20. The molecule has 2 aliphatic rings. The first-order valence-corrected chi connectivity index (χ1v) is 8.93. The number of allylic oxidation sites excluding steroid dienone is 1. The van der Waals surface area contributed by atoms with Gasteiger partial charge in [0.1, 0.15) is 5.75 Å². The number of rotatable bonds is 4. The first kappa shape index (κ1) is 14.3. The summed E-state index contributed by atoms with van der Waals surface area (Å²) in [6, 6.07) is 8.82. The Labute approximate surface area is 136 Å². The standard InChI is InChI=1S/C19H23NOS/c1-20(2)11-16-12-4-5-14(8-12)19(16)18-9-13-6-7-15(21-3)10-17(13)22-18/h6-7,9-10,12,14H,4-5,8,11H2,1-3H3. The molecule has 4 rings (SSSR count). The van der Waals surface area contributed by atoms with Gasteiger partial charge in [0.2, 0.25) is 0 Å². The van der Waals surface area contributed by atoms with Crippen LogP contribution in [-0.4, -0.2) is 32.6 Å². The molecule has 2 atom stereocenters. The van der Waals surface area contributed by atoms with Gasteiger partial charge in [0, 0.05) is 16.1 Å². The van der Waals surface area contributed by atoms with Crippen molar-refractivity contribution >= 4 is 27.0 Å². The summed E-state index contributed by atoms with van der Waals surface area (Å²) < 4.78 is 6.71. The van der Waals surface area contributed by atoms with E-state index in [-0.39, 0.29) is 0 Å². The number of hydrogen-bond acceptors (Lipinski definition) is 3. The molecule has 2 aromatic rings. The summed E-state index contributed by atoms with van der Waals surface area (Å²) in [5, 5.41) is 1.35. The molecule has 2 unspecified atom stereocenters. The van der Waals surface area contributed by atoms with Crippen LogP contribution in [0.25, 0.3) is 15.7 Å². The molecule has 1 aromatic carbocycles. The van der Waals surface area contributed by atoms with Crippen LogP contribution in [0.4, 0.5) is 0 Å². The molecule has 116 valence electrons. The topological polar surface area (TPSA) is 12.5 Å². The Morgan fingerprint density at radius 1 is 1.18 bits per heavy atom. The van der Waals surface area contributed by atoms with Crippen molar-refractivity contribution in [1.82, 2.24) is 4.90 Å². The molecular formula is C19H23NOS. The van der Waals surface area contributed by atoms with Crippen molar-refractivity contribution in [3.8, 4) is 5.75 Å². The lowest BCUT2D eigenvalue weighted by Crippen LogP contribution is -2.19. The molecule has 2 nitrogen and oxygen atoms in total. The van der Waals surface area contributed by atoms with Gasteiger partial charge in [-0.1, -0.05) is 0 Å². The third kappa shape index (κ3) is 2.27. The van der Waals surface area contributed by atoms with Crippen molar-refractivity contribution in [2.45, 2.75) is 19.3 Å². The number of methoxy groups -OCH3 is 1. The molecule has 0 N–H and O–H groups in total. The molecule has 0 amide bonds. The predicted molar refractivity (Wildman–Crippen MR) is 94.7 cm³/mol. The average Bonchev–Trinajstić information content (AvgIpc) is 3.19. The van der Waals surface area contributed by atoms with Gasteiger partial charge < -0.3 is 9.64 Å². The number of fused-ring (bicyclic) bond motifs is 3. The Bertz CT molecular complexity index is 743. The SMILES string of the molecule is COc1ccc2cc(C3=C(CN(C)C)C4CCC3C4)sc2c1. The van der Waals surface area contributed by atoms with E-state index in [2.05, 4.69) is 43.3 Å². The van der Waals surface area contributed by atoms with Crippen molar-refractivity contribution in [3.63, 3.8) is 0 Å². The van der Waals surface area contributed by atoms with Crippen molar-refractivity contribution in [1.29, 1.82) is 0 Å². The zero-order valence-corrected chi connectivity index (χ0v) is 14.4. The fourth-order valence-corrected chi connectivity index (χ4v) is 5.48. The van der Waals surface area contributed by atoms with Crippen LogP contribution in [0.3, 0.4) is 0 Å². The van der Waals surface area contributed by atoms with E-state index in [1.54, 1.807) is 18.3 Å². The minimum Gasteiger partial charge on any atom is -0.497 e. The van der Waals surface area contributed by atoms with E-state index in [4.69, 9.17) is 4.74 Å². The van der Waals surface area contributed by atoms with Crippen molar-refractivity contribution in [3.05, 3.63) is 34.7 Å². The third-order valence-electron chi connectivity index (χ3n) is 5.16. The molecule has 1 fully saturated rings. The zero-order chi connectivity index (χ0) is 15.3. The molecule has 1 heterocycles. The molecule has 22 heavy (non-hydrogen) atoms. The van der Waals surface area contributed by atoms with Crippen LogP contribution in [-0.2, 0) is 0 Å². The van der Waals surface area contributed by atoms with E-state index in [1.165, 1.54) is 34.2 Å². The molecule has 2 bridgehead atoms. The van der Waals surface area contributed by atoms with E-state index in [9.17, 15) is 0 Å². The molecule has 1 aromatic heterocycles. The maximum atomic E-state index is 5.37. The molecule has 2 aliphatic carbocycles. The molecule has 1 saturated carbocycles. The van der Waals surface area contributed by atoms with Crippen LogP contribution < -0.4 is 4.74 Å². The lowest BCUT2D eigenvalue weighted by Gasteiger charge is -2.22. The average molecular weight is 313 g/mol. The Balaban J connectivity index is 1.80. The number of benzene rings is 1. The van der Waals surface area contributed by atoms with Crippen molar-refractivity contribution < 1.29 is 4.74 Å². The summed E-state index contributed by atoms with van der Waals surface area (Å²) in [5.74, 6) is 2.59. The molecule has 0 saturated heterocycles. The third-order valence-corrected chi connectivity index (χ3v) is 6.29. The largest absolute Gasteiger partial charge is 0.497 e. The van der Waals surface area contributed by atoms with Crippen molar-refractivity contribution in [2.75, 3.05) is 27.7 Å². The first-order chi connectivity index (χ1) is 10.7.